The number of hydrogen-bond donors (Lipinski definition) is 2. The summed E-state index contributed by atoms with van der Waals surface area (Å²) in [6, 6.07) is -1.52. The highest BCUT2D eigenvalue weighted by molar-refractivity contribution is 5.88. The summed E-state index contributed by atoms with van der Waals surface area (Å²) in [5.41, 5.74) is -1.74. The highest BCUT2D eigenvalue weighted by Crippen LogP contribution is 2.39. The standard InChI is InChI=1S/C24H42N2O6/c1-15(2)13-17(21(28)29)25-20(27)19-18(14-16-11-9-8-10-12-16)26(24(6,7)31-19)22(30)32-23(3,4)5/h15-19H,8-14H2,1-7H3,(H,25,27)(H,28,29)/t17-,18+,19-/m0/s1. The molecule has 1 aliphatic heterocycles. The van der Waals surface area contributed by atoms with Gasteiger partial charge >= 0.3 is 12.1 Å². The molecule has 8 heteroatoms. The Bertz CT molecular complexity index is 678. The van der Waals surface area contributed by atoms with Crippen LogP contribution in [0.2, 0.25) is 0 Å². The van der Waals surface area contributed by atoms with Crippen LogP contribution in [0.5, 0.6) is 0 Å². The Morgan fingerprint density at radius 2 is 1.75 bits per heavy atom. The molecular weight excluding hydrogens is 412 g/mol. The first-order chi connectivity index (χ1) is 14.7. The van der Waals surface area contributed by atoms with E-state index in [1.807, 2.05) is 13.8 Å². The molecule has 0 unspecified atom stereocenters. The van der Waals surface area contributed by atoms with Crippen molar-refractivity contribution in [2.24, 2.45) is 11.8 Å². The van der Waals surface area contributed by atoms with Crippen molar-refractivity contribution in [3.63, 3.8) is 0 Å². The molecule has 0 aromatic rings. The van der Waals surface area contributed by atoms with E-state index in [2.05, 4.69) is 5.32 Å². The van der Waals surface area contributed by atoms with E-state index >= 15 is 0 Å². The van der Waals surface area contributed by atoms with Crippen molar-refractivity contribution in [1.82, 2.24) is 10.2 Å². The van der Waals surface area contributed by atoms with E-state index in [4.69, 9.17) is 9.47 Å². The fourth-order valence-corrected chi connectivity index (χ4v) is 4.82. The lowest BCUT2D eigenvalue weighted by Gasteiger charge is -2.36. The van der Waals surface area contributed by atoms with Gasteiger partial charge in [0, 0.05) is 0 Å². The van der Waals surface area contributed by atoms with E-state index in [9.17, 15) is 19.5 Å². The monoisotopic (exact) mass is 454 g/mol. The first kappa shape index (κ1) is 26.4. The fourth-order valence-electron chi connectivity index (χ4n) is 4.82. The van der Waals surface area contributed by atoms with Gasteiger partial charge < -0.3 is 19.9 Å². The molecule has 32 heavy (non-hydrogen) atoms. The number of aliphatic carboxylic acids is 1. The number of hydrogen-bond acceptors (Lipinski definition) is 5. The van der Waals surface area contributed by atoms with E-state index in [0.29, 0.717) is 18.8 Å². The van der Waals surface area contributed by atoms with Gasteiger partial charge in [-0.25, -0.2) is 9.59 Å². The molecule has 0 radical (unpaired) electrons. The first-order valence-electron chi connectivity index (χ1n) is 11.9. The predicted molar refractivity (Wildman–Crippen MR) is 121 cm³/mol. The van der Waals surface area contributed by atoms with Crippen LogP contribution in [0.4, 0.5) is 4.79 Å². The van der Waals surface area contributed by atoms with E-state index in [1.54, 1.807) is 39.5 Å². The van der Waals surface area contributed by atoms with Crippen LogP contribution in [0, 0.1) is 11.8 Å². The maximum absolute atomic E-state index is 13.3. The van der Waals surface area contributed by atoms with Gasteiger partial charge in [-0.15, -0.1) is 0 Å². The number of nitrogens with one attached hydrogen (secondary N) is 1. The molecule has 0 spiro atoms. The van der Waals surface area contributed by atoms with Crippen molar-refractivity contribution in [2.75, 3.05) is 0 Å². The summed E-state index contributed by atoms with van der Waals surface area (Å²) in [5, 5.41) is 12.2. The number of rotatable bonds is 7. The smallest absolute Gasteiger partial charge is 0.412 e. The topological polar surface area (TPSA) is 105 Å². The lowest BCUT2D eigenvalue weighted by Crippen LogP contribution is -2.53. The van der Waals surface area contributed by atoms with E-state index in [1.165, 1.54) is 6.42 Å². The number of carbonyl (C=O) groups is 3. The maximum atomic E-state index is 13.3. The van der Waals surface area contributed by atoms with Gasteiger partial charge in [0.25, 0.3) is 5.91 Å². The van der Waals surface area contributed by atoms with Crippen LogP contribution < -0.4 is 5.32 Å². The lowest BCUT2D eigenvalue weighted by molar-refractivity contribution is -0.146. The molecular formula is C24H42N2O6. The van der Waals surface area contributed by atoms with Crippen molar-refractivity contribution in [3.8, 4) is 0 Å². The van der Waals surface area contributed by atoms with Crippen LogP contribution >= 0.6 is 0 Å². The Morgan fingerprint density at radius 1 is 1.16 bits per heavy atom. The molecule has 2 fully saturated rings. The third-order valence-corrected chi connectivity index (χ3v) is 6.15. The molecule has 1 heterocycles. The Morgan fingerprint density at radius 3 is 2.25 bits per heavy atom. The summed E-state index contributed by atoms with van der Waals surface area (Å²) in [7, 11) is 0. The van der Waals surface area contributed by atoms with Crippen molar-refractivity contribution >= 4 is 18.0 Å². The van der Waals surface area contributed by atoms with Gasteiger partial charge in [0.1, 0.15) is 17.4 Å². The number of amides is 2. The second-order valence-electron chi connectivity index (χ2n) is 11.2. The van der Waals surface area contributed by atoms with Crippen LogP contribution in [0.25, 0.3) is 0 Å². The molecule has 8 nitrogen and oxygen atoms in total. The van der Waals surface area contributed by atoms with Gasteiger partial charge in [-0.05, 0) is 59.3 Å². The van der Waals surface area contributed by atoms with Crippen LogP contribution in [0.3, 0.4) is 0 Å². The first-order valence-corrected chi connectivity index (χ1v) is 11.9. The van der Waals surface area contributed by atoms with Gasteiger partial charge in [0.15, 0.2) is 6.10 Å². The third kappa shape index (κ3) is 7.09. The molecule has 2 aliphatic rings. The quantitative estimate of drug-likeness (QED) is 0.594. The lowest BCUT2D eigenvalue weighted by atomic mass is 9.83. The van der Waals surface area contributed by atoms with Crippen molar-refractivity contribution in [1.29, 1.82) is 0 Å². The summed E-state index contributed by atoms with van der Waals surface area (Å²) < 4.78 is 11.8. The second kappa shape index (κ2) is 10.4. The summed E-state index contributed by atoms with van der Waals surface area (Å²) in [6.07, 6.45) is 5.07. The third-order valence-electron chi connectivity index (χ3n) is 6.15. The molecule has 0 aromatic heterocycles. The molecule has 2 amide bonds. The SMILES string of the molecule is CC(C)C[C@H](NC(=O)[C@H]1OC(C)(C)N(C(=O)OC(C)(C)C)[C@@H]1CC1CCCCC1)C(=O)O. The zero-order chi connectivity index (χ0) is 24.3. The van der Waals surface area contributed by atoms with E-state index < -0.39 is 47.5 Å². The average Bonchev–Trinajstić information content (AvgIpc) is 2.90. The normalized spacial score (nSPS) is 24.9. The summed E-state index contributed by atoms with van der Waals surface area (Å²) in [4.78, 5) is 39.7. The van der Waals surface area contributed by atoms with Gasteiger partial charge in [0.2, 0.25) is 0 Å². The Kier molecular flexibility index (Phi) is 8.59. The maximum Gasteiger partial charge on any atom is 0.412 e. The Labute approximate surface area is 192 Å². The van der Waals surface area contributed by atoms with Crippen LogP contribution in [0.15, 0.2) is 0 Å². The van der Waals surface area contributed by atoms with Crippen molar-refractivity contribution < 1.29 is 29.0 Å². The van der Waals surface area contributed by atoms with Crippen molar-refractivity contribution in [2.45, 2.75) is 123 Å². The molecule has 0 bridgehead atoms. The Balaban J connectivity index is 2.30. The van der Waals surface area contributed by atoms with Gasteiger partial charge in [0.05, 0.1) is 6.04 Å². The van der Waals surface area contributed by atoms with Crippen LogP contribution in [-0.2, 0) is 19.1 Å². The fraction of sp³-hybridized carbons (Fsp3) is 0.875. The zero-order valence-electron chi connectivity index (χ0n) is 20.8. The minimum Gasteiger partial charge on any atom is -0.480 e. The highest BCUT2D eigenvalue weighted by Gasteiger charge is 2.54. The second-order valence-corrected chi connectivity index (χ2v) is 11.2. The van der Waals surface area contributed by atoms with E-state index in [0.717, 1.165) is 25.7 Å². The largest absolute Gasteiger partial charge is 0.480 e. The molecule has 1 aliphatic carbocycles. The minimum absolute atomic E-state index is 0.105. The number of carbonyl (C=O) groups excluding carboxylic acids is 2. The molecule has 0 aromatic carbocycles. The van der Waals surface area contributed by atoms with Gasteiger partial charge in [-0.1, -0.05) is 46.0 Å². The minimum atomic E-state index is -1.07. The number of carboxylic acids is 1. The number of nitrogens with zero attached hydrogens (tertiary/aromatic N) is 1. The molecule has 1 saturated carbocycles. The van der Waals surface area contributed by atoms with Crippen molar-refractivity contribution in [3.05, 3.63) is 0 Å². The van der Waals surface area contributed by atoms with Crippen LogP contribution in [-0.4, -0.2) is 57.5 Å². The van der Waals surface area contributed by atoms with Gasteiger partial charge in [-0.3, -0.25) is 9.69 Å². The van der Waals surface area contributed by atoms with Gasteiger partial charge in [-0.2, -0.15) is 0 Å². The molecule has 2 N–H and O–H groups in total. The van der Waals surface area contributed by atoms with Crippen LogP contribution in [0.1, 0.15) is 93.4 Å². The zero-order valence-corrected chi connectivity index (χ0v) is 20.8. The van der Waals surface area contributed by atoms with E-state index in [-0.39, 0.29) is 5.92 Å². The number of ether oxygens (including phenoxy) is 2. The predicted octanol–water partition coefficient (Wildman–Crippen LogP) is 4.31. The highest BCUT2D eigenvalue weighted by atomic mass is 16.6. The summed E-state index contributed by atoms with van der Waals surface area (Å²) in [5.74, 6) is -1.07. The molecule has 3 atom stereocenters. The molecule has 1 saturated heterocycles. The summed E-state index contributed by atoms with van der Waals surface area (Å²) >= 11 is 0. The molecule has 184 valence electrons. The Hall–Kier alpha value is -1.83. The number of carboxylic acid groups (broad SMARTS) is 1. The summed E-state index contributed by atoms with van der Waals surface area (Å²) in [6.45, 7) is 12.7. The average molecular weight is 455 g/mol. The molecule has 2 rings (SSSR count).